The monoisotopic (exact) mass is 342 g/mol. The van der Waals surface area contributed by atoms with Gasteiger partial charge < -0.3 is 4.98 Å². The quantitative estimate of drug-likeness (QED) is 0.338. The third-order valence-electron chi connectivity index (χ3n) is 3.33. The van der Waals surface area contributed by atoms with Crippen molar-refractivity contribution in [2.45, 2.75) is 10.1 Å². The molecule has 0 radical (unpaired) electrons. The van der Waals surface area contributed by atoms with Crippen molar-refractivity contribution in [2.24, 2.45) is 0 Å². The molecule has 0 unspecified atom stereocenters. The minimum Gasteiger partial charge on any atom is -0.341 e. The number of hydrogen-bond acceptors (Lipinski definition) is 6. The third kappa shape index (κ3) is 2.78. The lowest BCUT2D eigenvalue weighted by molar-refractivity contribution is -0.384. The van der Waals surface area contributed by atoms with Crippen LogP contribution in [0, 0.1) is 10.1 Å². The Bertz CT molecular complexity index is 992. The van der Waals surface area contributed by atoms with Gasteiger partial charge in [-0.2, -0.15) is 0 Å². The number of rotatable bonds is 4. The fourth-order valence-electron chi connectivity index (χ4n) is 2.27. The Morgan fingerprint density at radius 2 is 2.04 bits per heavy atom. The van der Waals surface area contributed by atoms with Crippen molar-refractivity contribution in [3.63, 3.8) is 0 Å². The van der Waals surface area contributed by atoms with Crippen molar-refractivity contribution in [3.8, 4) is 0 Å². The second-order valence-electron chi connectivity index (χ2n) is 4.88. The fourth-order valence-corrected chi connectivity index (χ4v) is 4.24. The second kappa shape index (κ2) is 5.64. The molecule has 2 aromatic carbocycles. The average Bonchev–Trinajstić information content (AvgIpc) is 3.14. The van der Waals surface area contributed by atoms with E-state index in [1.807, 2.05) is 24.3 Å². The van der Waals surface area contributed by atoms with Gasteiger partial charge in [-0.3, -0.25) is 10.1 Å². The molecule has 4 rings (SSSR count). The molecular formula is C15H10N4O2S2. The van der Waals surface area contributed by atoms with Crippen LogP contribution >= 0.6 is 23.1 Å². The Labute approximate surface area is 138 Å². The summed E-state index contributed by atoms with van der Waals surface area (Å²) in [7, 11) is 0. The summed E-state index contributed by atoms with van der Waals surface area (Å²) in [6.45, 7) is 0. The molecule has 114 valence electrons. The number of imidazole rings is 1. The Balaban J connectivity index is 1.56. The van der Waals surface area contributed by atoms with Gasteiger partial charge in [0.25, 0.3) is 5.69 Å². The minimum absolute atomic E-state index is 0.0926. The van der Waals surface area contributed by atoms with Crippen LogP contribution in [0.15, 0.2) is 46.8 Å². The number of para-hydroxylation sites is 2. The zero-order valence-corrected chi connectivity index (χ0v) is 13.4. The van der Waals surface area contributed by atoms with Gasteiger partial charge in [-0.15, -0.1) is 11.3 Å². The smallest absolute Gasteiger partial charge is 0.270 e. The number of aromatic nitrogens is 3. The van der Waals surface area contributed by atoms with Gasteiger partial charge in [-0.25, -0.2) is 9.97 Å². The van der Waals surface area contributed by atoms with E-state index in [9.17, 15) is 10.1 Å². The molecule has 23 heavy (non-hydrogen) atoms. The number of nitro benzene ring substituents is 1. The van der Waals surface area contributed by atoms with Crippen molar-refractivity contribution >= 4 is 50.0 Å². The molecule has 8 heteroatoms. The number of thiazole rings is 1. The topological polar surface area (TPSA) is 84.7 Å². The largest absolute Gasteiger partial charge is 0.341 e. The molecule has 4 aromatic rings. The maximum atomic E-state index is 10.8. The van der Waals surface area contributed by atoms with Crippen LogP contribution in [0.25, 0.3) is 21.3 Å². The van der Waals surface area contributed by atoms with Gasteiger partial charge in [-0.05, 0) is 18.2 Å². The number of hydrogen-bond donors (Lipinski definition) is 1. The maximum absolute atomic E-state index is 10.8. The summed E-state index contributed by atoms with van der Waals surface area (Å²) >= 11 is 3.03. The van der Waals surface area contributed by atoms with Crippen LogP contribution in [0.4, 0.5) is 5.69 Å². The molecule has 0 aliphatic heterocycles. The fraction of sp³-hybridized carbons (Fsp3) is 0.0667. The van der Waals surface area contributed by atoms with Gasteiger partial charge in [0, 0.05) is 12.1 Å². The second-order valence-corrected chi connectivity index (χ2v) is 7.13. The van der Waals surface area contributed by atoms with E-state index in [2.05, 4.69) is 15.0 Å². The number of fused-ring (bicyclic) bond motifs is 2. The number of nitro groups is 1. The molecule has 6 nitrogen and oxygen atoms in total. The number of aromatic amines is 1. The number of nitrogens with one attached hydrogen (secondary N) is 1. The minimum atomic E-state index is -0.389. The third-order valence-corrected chi connectivity index (χ3v) is 5.51. The van der Waals surface area contributed by atoms with E-state index in [1.54, 1.807) is 23.9 Å². The molecule has 1 N–H and O–H groups in total. The number of benzene rings is 2. The highest BCUT2D eigenvalue weighted by Gasteiger charge is 2.11. The highest BCUT2D eigenvalue weighted by molar-refractivity contribution is 8.00. The molecule has 0 saturated heterocycles. The van der Waals surface area contributed by atoms with E-state index in [1.165, 1.54) is 17.4 Å². The average molecular weight is 342 g/mol. The SMILES string of the molecule is O=[N+]([O-])c1ccc2nc(SCc3nc4ccccc4[nH]3)sc2c1. The number of nitrogens with zero attached hydrogens (tertiary/aromatic N) is 3. The molecular weight excluding hydrogens is 332 g/mol. The molecule has 0 amide bonds. The number of H-pyrrole nitrogens is 1. The molecule has 0 saturated carbocycles. The van der Waals surface area contributed by atoms with Crippen LogP contribution in [-0.2, 0) is 5.75 Å². The Morgan fingerprint density at radius 3 is 2.87 bits per heavy atom. The zero-order chi connectivity index (χ0) is 15.8. The molecule has 0 atom stereocenters. The number of non-ortho nitro benzene ring substituents is 1. The van der Waals surface area contributed by atoms with E-state index < -0.39 is 0 Å². The predicted octanol–water partition coefficient (Wildman–Crippen LogP) is 4.37. The Kier molecular flexibility index (Phi) is 3.47. The first-order chi connectivity index (χ1) is 11.2. The molecule has 0 aliphatic rings. The van der Waals surface area contributed by atoms with Gasteiger partial charge in [0.05, 0.1) is 31.9 Å². The van der Waals surface area contributed by atoms with Crippen molar-refractivity contribution in [1.29, 1.82) is 0 Å². The summed E-state index contributed by atoms with van der Waals surface area (Å²) < 4.78 is 1.70. The summed E-state index contributed by atoms with van der Waals surface area (Å²) in [5.74, 6) is 1.57. The molecule has 2 heterocycles. The van der Waals surface area contributed by atoms with E-state index in [0.717, 1.165) is 31.4 Å². The van der Waals surface area contributed by atoms with Crippen LogP contribution < -0.4 is 0 Å². The lowest BCUT2D eigenvalue weighted by Gasteiger charge is -1.92. The Morgan fingerprint density at radius 1 is 1.17 bits per heavy atom. The summed E-state index contributed by atoms with van der Waals surface area (Å²) in [4.78, 5) is 22.7. The molecule has 0 aliphatic carbocycles. The van der Waals surface area contributed by atoms with Gasteiger partial charge in [-0.1, -0.05) is 23.9 Å². The predicted molar refractivity (Wildman–Crippen MR) is 91.9 cm³/mol. The van der Waals surface area contributed by atoms with Crippen molar-refractivity contribution in [3.05, 3.63) is 58.4 Å². The normalized spacial score (nSPS) is 11.3. The lowest BCUT2D eigenvalue weighted by Crippen LogP contribution is -1.85. The van der Waals surface area contributed by atoms with Gasteiger partial charge in [0.1, 0.15) is 5.82 Å². The summed E-state index contributed by atoms with van der Waals surface area (Å²) in [6, 6.07) is 12.6. The van der Waals surface area contributed by atoms with Gasteiger partial charge in [0.15, 0.2) is 4.34 Å². The van der Waals surface area contributed by atoms with Crippen molar-refractivity contribution in [1.82, 2.24) is 15.0 Å². The Hall–Kier alpha value is -2.45. The van der Waals surface area contributed by atoms with Gasteiger partial charge in [0.2, 0.25) is 0 Å². The van der Waals surface area contributed by atoms with E-state index >= 15 is 0 Å². The first-order valence-electron chi connectivity index (χ1n) is 6.80. The zero-order valence-electron chi connectivity index (χ0n) is 11.7. The summed E-state index contributed by atoms with van der Waals surface area (Å²) in [6.07, 6.45) is 0. The van der Waals surface area contributed by atoms with Crippen molar-refractivity contribution in [2.75, 3.05) is 0 Å². The van der Waals surface area contributed by atoms with E-state index in [-0.39, 0.29) is 10.6 Å². The van der Waals surface area contributed by atoms with Crippen LogP contribution in [0.2, 0.25) is 0 Å². The van der Waals surface area contributed by atoms with E-state index in [0.29, 0.717) is 5.75 Å². The highest BCUT2D eigenvalue weighted by Crippen LogP contribution is 2.33. The molecule has 0 spiro atoms. The van der Waals surface area contributed by atoms with Crippen LogP contribution in [0.3, 0.4) is 0 Å². The molecule has 2 aromatic heterocycles. The molecule has 0 bridgehead atoms. The molecule has 0 fully saturated rings. The summed E-state index contributed by atoms with van der Waals surface area (Å²) in [5.41, 5.74) is 2.84. The standard InChI is InChI=1S/C15H10N4O2S2/c20-19(21)9-5-6-12-13(7-9)23-15(18-12)22-8-14-16-10-3-1-2-4-11(10)17-14/h1-7H,8H2,(H,16,17). The first-order valence-corrected chi connectivity index (χ1v) is 8.61. The van der Waals surface area contributed by atoms with Crippen LogP contribution in [0.5, 0.6) is 0 Å². The van der Waals surface area contributed by atoms with E-state index in [4.69, 9.17) is 0 Å². The maximum Gasteiger partial charge on any atom is 0.270 e. The summed E-state index contributed by atoms with van der Waals surface area (Å²) in [5, 5.41) is 10.8. The van der Waals surface area contributed by atoms with Crippen molar-refractivity contribution < 1.29 is 4.92 Å². The van der Waals surface area contributed by atoms with Gasteiger partial charge >= 0.3 is 0 Å². The van der Waals surface area contributed by atoms with Crippen LogP contribution in [-0.4, -0.2) is 19.9 Å². The number of thioether (sulfide) groups is 1. The highest BCUT2D eigenvalue weighted by atomic mass is 32.2. The lowest BCUT2D eigenvalue weighted by atomic mass is 10.3. The van der Waals surface area contributed by atoms with Crippen LogP contribution in [0.1, 0.15) is 5.82 Å². The first kappa shape index (κ1) is 14.2.